The number of nitrogens with zero attached hydrogens (tertiary/aromatic N) is 2. The molecule has 0 saturated carbocycles. The van der Waals surface area contributed by atoms with E-state index in [1.807, 2.05) is 29.2 Å². The third-order valence-electron chi connectivity index (χ3n) is 3.48. The fourth-order valence-corrected chi connectivity index (χ4v) is 2.59. The van der Waals surface area contributed by atoms with E-state index in [2.05, 4.69) is 4.90 Å². The lowest BCUT2D eigenvalue weighted by Gasteiger charge is -2.24. The summed E-state index contributed by atoms with van der Waals surface area (Å²) < 4.78 is 0. The van der Waals surface area contributed by atoms with E-state index in [1.54, 1.807) is 0 Å². The Labute approximate surface area is 119 Å². The van der Waals surface area contributed by atoms with Gasteiger partial charge in [0.05, 0.1) is 0 Å². The largest absolute Gasteiger partial charge is 0.370 e. The molecule has 1 aromatic rings. The van der Waals surface area contributed by atoms with Gasteiger partial charge in [-0.25, -0.2) is 0 Å². The highest BCUT2D eigenvalue weighted by Gasteiger charge is 2.13. The van der Waals surface area contributed by atoms with Gasteiger partial charge < -0.3 is 15.5 Å². The van der Waals surface area contributed by atoms with E-state index in [-0.39, 0.29) is 5.96 Å². The summed E-state index contributed by atoms with van der Waals surface area (Å²) in [5.41, 5.74) is 6.59. The third kappa shape index (κ3) is 4.11. The molecular weight excluding hydrogens is 260 g/mol. The van der Waals surface area contributed by atoms with Crippen molar-refractivity contribution in [3.05, 3.63) is 29.3 Å². The van der Waals surface area contributed by atoms with E-state index < -0.39 is 0 Å². The second kappa shape index (κ2) is 6.78. The molecule has 5 heteroatoms. The fraction of sp³-hybridized carbons (Fsp3) is 0.500. The number of hydrogen-bond acceptors (Lipinski definition) is 2. The summed E-state index contributed by atoms with van der Waals surface area (Å²) in [6.07, 6.45) is 3.64. The van der Waals surface area contributed by atoms with Crippen LogP contribution < -0.4 is 10.6 Å². The van der Waals surface area contributed by atoms with Crippen molar-refractivity contribution < 1.29 is 0 Å². The fourth-order valence-electron chi connectivity index (χ4n) is 2.47. The Morgan fingerprint density at radius 3 is 2.47 bits per heavy atom. The Balaban J connectivity index is 1.88. The minimum Gasteiger partial charge on any atom is -0.370 e. The van der Waals surface area contributed by atoms with Crippen LogP contribution in [0.2, 0.25) is 5.02 Å². The summed E-state index contributed by atoms with van der Waals surface area (Å²) in [6, 6.07) is 7.46. The maximum absolute atomic E-state index is 7.69. The number of nitrogens with one attached hydrogen (secondary N) is 1. The molecule has 0 aromatic heterocycles. The van der Waals surface area contributed by atoms with Crippen LogP contribution in [0, 0.1) is 5.41 Å². The van der Waals surface area contributed by atoms with Gasteiger partial charge in [-0.2, -0.15) is 0 Å². The van der Waals surface area contributed by atoms with Crippen LogP contribution in [-0.2, 0) is 0 Å². The highest BCUT2D eigenvalue weighted by Crippen LogP contribution is 2.18. The number of nitrogens with two attached hydrogens (primary N) is 1. The van der Waals surface area contributed by atoms with Gasteiger partial charge in [0.25, 0.3) is 0 Å². The standard InChI is InChI=1S/C14H21ClN4/c15-12-4-6-13(7-5-12)19(14(16)17)11-3-10-18-8-1-2-9-18/h4-7H,1-3,8-11H2,(H3,16,17). The number of halogens is 1. The van der Waals surface area contributed by atoms with Gasteiger partial charge in [0.15, 0.2) is 5.96 Å². The van der Waals surface area contributed by atoms with Crippen LogP contribution in [0.15, 0.2) is 24.3 Å². The van der Waals surface area contributed by atoms with Crippen LogP contribution in [-0.4, -0.2) is 37.0 Å². The summed E-state index contributed by atoms with van der Waals surface area (Å²) in [6.45, 7) is 4.27. The molecule has 0 spiro atoms. The molecule has 1 aliphatic heterocycles. The summed E-state index contributed by atoms with van der Waals surface area (Å²) in [4.78, 5) is 4.30. The van der Waals surface area contributed by atoms with Gasteiger partial charge in [-0.15, -0.1) is 0 Å². The molecule has 1 aliphatic rings. The van der Waals surface area contributed by atoms with E-state index >= 15 is 0 Å². The highest BCUT2D eigenvalue weighted by atomic mass is 35.5. The van der Waals surface area contributed by atoms with Crippen molar-refractivity contribution in [2.45, 2.75) is 19.3 Å². The van der Waals surface area contributed by atoms with E-state index in [4.69, 9.17) is 22.7 Å². The number of rotatable bonds is 5. The number of hydrogen-bond donors (Lipinski definition) is 2. The zero-order chi connectivity index (χ0) is 13.7. The first-order chi connectivity index (χ1) is 9.16. The molecular formula is C14H21ClN4. The molecule has 1 aromatic carbocycles. The Morgan fingerprint density at radius 2 is 1.89 bits per heavy atom. The summed E-state index contributed by atoms with van der Waals surface area (Å²) in [7, 11) is 0. The number of benzene rings is 1. The van der Waals surface area contributed by atoms with Gasteiger partial charge in [0.2, 0.25) is 0 Å². The molecule has 0 aliphatic carbocycles. The molecule has 19 heavy (non-hydrogen) atoms. The van der Waals surface area contributed by atoms with Crippen molar-refractivity contribution in [3.63, 3.8) is 0 Å². The molecule has 3 N–H and O–H groups in total. The lowest BCUT2D eigenvalue weighted by molar-refractivity contribution is 0.336. The smallest absolute Gasteiger partial charge is 0.192 e. The number of anilines is 1. The summed E-state index contributed by atoms with van der Waals surface area (Å²) in [5.74, 6) is 0.0868. The second-order valence-corrected chi connectivity index (χ2v) is 5.35. The van der Waals surface area contributed by atoms with Crippen molar-refractivity contribution in [1.29, 1.82) is 5.41 Å². The van der Waals surface area contributed by atoms with E-state index in [9.17, 15) is 0 Å². The quantitative estimate of drug-likeness (QED) is 0.644. The van der Waals surface area contributed by atoms with Crippen LogP contribution in [0.5, 0.6) is 0 Å². The molecule has 1 saturated heterocycles. The third-order valence-corrected chi connectivity index (χ3v) is 3.74. The predicted octanol–water partition coefficient (Wildman–Crippen LogP) is 2.53. The normalized spacial score (nSPS) is 15.6. The van der Waals surface area contributed by atoms with Crippen molar-refractivity contribution in [2.24, 2.45) is 5.73 Å². The molecule has 0 bridgehead atoms. The first-order valence-electron chi connectivity index (χ1n) is 6.76. The van der Waals surface area contributed by atoms with Crippen LogP contribution in [0.25, 0.3) is 0 Å². The van der Waals surface area contributed by atoms with Crippen molar-refractivity contribution >= 4 is 23.2 Å². The lowest BCUT2D eigenvalue weighted by Crippen LogP contribution is -2.38. The SMILES string of the molecule is N=C(N)N(CCCN1CCCC1)c1ccc(Cl)cc1. The second-order valence-electron chi connectivity index (χ2n) is 4.92. The first kappa shape index (κ1) is 14.2. The van der Waals surface area contributed by atoms with Crippen molar-refractivity contribution in [3.8, 4) is 0 Å². The molecule has 1 heterocycles. The van der Waals surface area contributed by atoms with Gasteiger partial charge in [-0.05, 0) is 63.2 Å². The average molecular weight is 281 g/mol. The Hall–Kier alpha value is -1.26. The lowest BCUT2D eigenvalue weighted by atomic mass is 10.2. The average Bonchev–Trinajstić information content (AvgIpc) is 2.89. The van der Waals surface area contributed by atoms with Crippen molar-refractivity contribution in [1.82, 2.24) is 4.90 Å². The molecule has 1 fully saturated rings. The Morgan fingerprint density at radius 1 is 1.26 bits per heavy atom. The topological polar surface area (TPSA) is 56.4 Å². The van der Waals surface area contributed by atoms with E-state index in [0.29, 0.717) is 5.02 Å². The van der Waals surface area contributed by atoms with Gasteiger partial charge in [-0.1, -0.05) is 11.6 Å². The van der Waals surface area contributed by atoms with Crippen molar-refractivity contribution in [2.75, 3.05) is 31.1 Å². The number of guanidine groups is 1. The zero-order valence-electron chi connectivity index (χ0n) is 11.1. The monoisotopic (exact) mass is 280 g/mol. The molecule has 4 nitrogen and oxygen atoms in total. The maximum Gasteiger partial charge on any atom is 0.192 e. The highest BCUT2D eigenvalue weighted by molar-refractivity contribution is 6.30. The first-order valence-corrected chi connectivity index (χ1v) is 7.14. The van der Waals surface area contributed by atoms with Crippen LogP contribution in [0.4, 0.5) is 5.69 Å². The minimum atomic E-state index is 0.0868. The molecule has 0 amide bonds. The zero-order valence-corrected chi connectivity index (χ0v) is 11.9. The molecule has 0 radical (unpaired) electrons. The summed E-state index contributed by atoms with van der Waals surface area (Å²) >= 11 is 5.88. The van der Waals surface area contributed by atoms with Gasteiger partial charge >= 0.3 is 0 Å². The van der Waals surface area contributed by atoms with Gasteiger partial charge in [0, 0.05) is 17.3 Å². The Bertz CT molecular complexity index is 412. The van der Waals surface area contributed by atoms with Crippen LogP contribution in [0.1, 0.15) is 19.3 Å². The molecule has 0 unspecified atom stereocenters. The van der Waals surface area contributed by atoms with Crippen LogP contribution in [0.3, 0.4) is 0 Å². The predicted molar refractivity (Wildman–Crippen MR) is 81.0 cm³/mol. The Kier molecular flexibility index (Phi) is 5.05. The molecule has 104 valence electrons. The summed E-state index contributed by atoms with van der Waals surface area (Å²) in [5, 5.41) is 8.39. The van der Waals surface area contributed by atoms with Gasteiger partial charge in [0.1, 0.15) is 0 Å². The van der Waals surface area contributed by atoms with Crippen LogP contribution >= 0.6 is 11.6 Å². The van der Waals surface area contributed by atoms with Gasteiger partial charge in [-0.3, -0.25) is 5.41 Å². The number of likely N-dealkylation sites (tertiary alicyclic amines) is 1. The molecule has 0 atom stereocenters. The van der Waals surface area contributed by atoms with E-state index in [1.165, 1.54) is 25.9 Å². The molecule has 2 rings (SSSR count). The minimum absolute atomic E-state index is 0.0868. The van der Waals surface area contributed by atoms with E-state index in [0.717, 1.165) is 25.2 Å². The maximum atomic E-state index is 7.69.